The third kappa shape index (κ3) is 7.07. The first-order valence-corrected chi connectivity index (χ1v) is 3.73. The zero-order chi connectivity index (χ0) is 9.28. The number of halogens is 1. The average molecular weight is 173 g/mol. The molecule has 0 atom stereocenters. The zero-order valence-electron chi connectivity index (χ0n) is 6.93. The highest BCUT2D eigenvalue weighted by atomic mass is 35.5. The lowest BCUT2D eigenvalue weighted by molar-refractivity contribution is -0.104. The van der Waals surface area contributed by atoms with Crippen LogP contribution < -0.4 is 0 Å². The maximum absolute atomic E-state index is 9.96. The van der Waals surface area contributed by atoms with Crippen molar-refractivity contribution in [2.24, 2.45) is 0 Å². The molecule has 0 radical (unpaired) electrons. The molecule has 0 aromatic heterocycles. The third-order valence-corrected chi connectivity index (χ3v) is 1.08. The monoisotopic (exact) mass is 172 g/mol. The van der Waals surface area contributed by atoms with Crippen LogP contribution in [0, 0.1) is 0 Å². The Labute approximate surface area is 73.1 Å². The lowest BCUT2D eigenvalue weighted by Crippen LogP contribution is -1.79. The smallest absolute Gasteiger partial charge is 0.150 e. The first-order valence-electron chi connectivity index (χ1n) is 3.35. The fourth-order valence-electron chi connectivity index (χ4n) is 0.267. The summed E-state index contributed by atoms with van der Waals surface area (Å²) in [6.45, 7) is 10.8. The largest absolute Gasteiger partial charge is 0.298 e. The molecular formula is C9H13ClO. The molecule has 0 fully saturated rings. The molecule has 0 bridgehead atoms. The Kier molecular flexibility index (Phi) is 10.7. The quantitative estimate of drug-likeness (QED) is 0.363. The van der Waals surface area contributed by atoms with Crippen LogP contribution in [0.4, 0.5) is 0 Å². The van der Waals surface area contributed by atoms with E-state index in [4.69, 9.17) is 11.6 Å². The summed E-state index contributed by atoms with van der Waals surface area (Å²) in [7, 11) is 0. The van der Waals surface area contributed by atoms with Crippen LogP contribution >= 0.6 is 11.6 Å². The highest BCUT2D eigenvalue weighted by molar-refractivity contribution is 6.34. The molecular weight excluding hydrogens is 160 g/mol. The predicted octanol–water partition coefficient (Wildman–Crippen LogP) is 3.08. The van der Waals surface area contributed by atoms with Gasteiger partial charge in [0.25, 0.3) is 0 Å². The van der Waals surface area contributed by atoms with Gasteiger partial charge in [-0.15, -0.1) is 0 Å². The fourth-order valence-corrected chi connectivity index (χ4v) is 0.400. The predicted molar refractivity (Wildman–Crippen MR) is 50.7 cm³/mol. The molecule has 0 aliphatic carbocycles. The minimum atomic E-state index is 0.275. The summed E-state index contributed by atoms with van der Waals surface area (Å²) >= 11 is 5.49. The van der Waals surface area contributed by atoms with Crippen molar-refractivity contribution < 1.29 is 4.79 Å². The van der Waals surface area contributed by atoms with E-state index in [1.807, 2.05) is 13.8 Å². The average Bonchev–Trinajstić information content (AvgIpc) is 2.07. The van der Waals surface area contributed by atoms with E-state index in [-0.39, 0.29) is 5.57 Å². The molecule has 0 aromatic rings. The van der Waals surface area contributed by atoms with Crippen LogP contribution in [0.2, 0.25) is 0 Å². The first kappa shape index (κ1) is 12.8. The van der Waals surface area contributed by atoms with E-state index in [2.05, 4.69) is 13.2 Å². The molecule has 0 saturated carbocycles. The lowest BCUT2D eigenvalue weighted by Gasteiger charge is -1.88. The molecule has 0 rings (SSSR count). The Morgan fingerprint density at radius 2 is 1.91 bits per heavy atom. The van der Waals surface area contributed by atoms with Gasteiger partial charge in [-0.1, -0.05) is 44.7 Å². The van der Waals surface area contributed by atoms with Gasteiger partial charge < -0.3 is 0 Å². The van der Waals surface area contributed by atoms with Gasteiger partial charge in [0, 0.05) is 5.57 Å². The number of allylic oxidation sites excluding steroid dienone is 4. The molecule has 0 saturated heterocycles. The van der Waals surface area contributed by atoms with Gasteiger partial charge in [0.2, 0.25) is 0 Å². The van der Waals surface area contributed by atoms with Crippen LogP contribution in [-0.4, -0.2) is 6.29 Å². The molecule has 0 unspecified atom stereocenters. The van der Waals surface area contributed by atoms with Gasteiger partial charge in [-0.25, -0.2) is 0 Å². The molecule has 2 heteroatoms. The van der Waals surface area contributed by atoms with Gasteiger partial charge in [0.05, 0.1) is 5.03 Å². The van der Waals surface area contributed by atoms with E-state index in [9.17, 15) is 4.79 Å². The Balaban J connectivity index is 0. The maximum Gasteiger partial charge on any atom is 0.150 e. The zero-order valence-corrected chi connectivity index (χ0v) is 7.69. The Bertz CT molecular complexity index is 168. The number of hydrogen-bond acceptors (Lipinski definition) is 1. The number of rotatable bonds is 3. The van der Waals surface area contributed by atoms with Crippen LogP contribution in [0.3, 0.4) is 0 Å². The molecule has 62 valence electrons. The van der Waals surface area contributed by atoms with Crippen LogP contribution in [0.1, 0.15) is 13.8 Å². The van der Waals surface area contributed by atoms with Crippen molar-refractivity contribution in [1.29, 1.82) is 0 Å². The van der Waals surface area contributed by atoms with Crippen LogP contribution in [-0.2, 0) is 4.79 Å². The van der Waals surface area contributed by atoms with Crippen LogP contribution in [0.5, 0.6) is 0 Å². The van der Waals surface area contributed by atoms with E-state index in [1.54, 1.807) is 0 Å². The summed E-state index contributed by atoms with van der Waals surface area (Å²) in [5.74, 6) is 0. The van der Waals surface area contributed by atoms with Crippen molar-refractivity contribution in [1.82, 2.24) is 0 Å². The van der Waals surface area contributed by atoms with Gasteiger partial charge in [-0.2, -0.15) is 0 Å². The lowest BCUT2D eigenvalue weighted by atomic mass is 10.3. The molecule has 0 aliphatic heterocycles. The van der Waals surface area contributed by atoms with Gasteiger partial charge in [-0.3, -0.25) is 4.79 Å². The highest BCUT2D eigenvalue weighted by Crippen LogP contribution is 2.09. The normalized spacial score (nSPS) is 9.18. The summed E-state index contributed by atoms with van der Waals surface area (Å²) < 4.78 is 0. The molecule has 0 aliphatic rings. The Morgan fingerprint density at radius 1 is 1.45 bits per heavy atom. The topological polar surface area (TPSA) is 17.1 Å². The summed E-state index contributed by atoms with van der Waals surface area (Å²) in [4.78, 5) is 9.96. The second-order valence-corrected chi connectivity index (χ2v) is 1.80. The fraction of sp³-hybridized carbons (Fsp3) is 0.222. The van der Waals surface area contributed by atoms with Gasteiger partial charge in [0.15, 0.2) is 6.29 Å². The Hall–Kier alpha value is -0.820. The third-order valence-electron chi connectivity index (χ3n) is 0.713. The van der Waals surface area contributed by atoms with E-state index in [0.717, 1.165) is 0 Å². The SMILES string of the molecule is C=C/C=C(/Cl)C(=C)C=O.CC. The second-order valence-electron chi connectivity index (χ2n) is 1.39. The minimum Gasteiger partial charge on any atom is -0.298 e. The summed E-state index contributed by atoms with van der Waals surface area (Å²) in [5.41, 5.74) is 0.275. The second kappa shape index (κ2) is 9.18. The Morgan fingerprint density at radius 3 is 2.18 bits per heavy atom. The van der Waals surface area contributed by atoms with Crippen LogP contribution in [0.25, 0.3) is 0 Å². The van der Waals surface area contributed by atoms with Gasteiger partial charge in [-0.05, 0) is 6.08 Å². The number of aldehydes is 1. The molecule has 1 nitrogen and oxygen atoms in total. The summed E-state index contributed by atoms with van der Waals surface area (Å²) in [6, 6.07) is 0. The maximum atomic E-state index is 9.96. The minimum absolute atomic E-state index is 0.275. The van der Waals surface area contributed by atoms with E-state index in [0.29, 0.717) is 11.3 Å². The van der Waals surface area contributed by atoms with Crippen molar-refractivity contribution in [3.05, 3.63) is 35.9 Å². The number of carbonyl (C=O) groups excluding carboxylic acids is 1. The molecule has 0 N–H and O–H groups in total. The molecule has 0 aromatic carbocycles. The first-order chi connectivity index (χ1) is 5.22. The number of hydrogen-bond donors (Lipinski definition) is 0. The molecule has 11 heavy (non-hydrogen) atoms. The standard InChI is InChI=1S/C7H7ClO.C2H6/c1-3-4-7(8)6(2)5-9;1-2/h3-5H,1-2H2;1-2H3/b7-4+;. The van der Waals surface area contributed by atoms with E-state index >= 15 is 0 Å². The van der Waals surface area contributed by atoms with Crippen molar-refractivity contribution in [2.45, 2.75) is 13.8 Å². The summed E-state index contributed by atoms with van der Waals surface area (Å²) in [6.07, 6.45) is 3.61. The highest BCUT2D eigenvalue weighted by Gasteiger charge is 1.92. The molecule has 0 amide bonds. The van der Waals surface area contributed by atoms with Crippen molar-refractivity contribution in [2.75, 3.05) is 0 Å². The van der Waals surface area contributed by atoms with E-state index in [1.165, 1.54) is 12.2 Å². The van der Waals surface area contributed by atoms with Crippen LogP contribution in [0.15, 0.2) is 35.9 Å². The van der Waals surface area contributed by atoms with Crippen molar-refractivity contribution in [3.8, 4) is 0 Å². The molecule has 0 spiro atoms. The van der Waals surface area contributed by atoms with Gasteiger partial charge >= 0.3 is 0 Å². The summed E-state index contributed by atoms with van der Waals surface area (Å²) in [5, 5.41) is 0.333. The van der Waals surface area contributed by atoms with Crippen molar-refractivity contribution >= 4 is 17.9 Å². The van der Waals surface area contributed by atoms with E-state index < -0.39 is 0 Å². The van der Waals surface area contributed by atoms with Crippen molar-refractivity contribution in [3.63, 3.8) is 0 Å². The number of carbonyl (C=O) groups is 1. The molecule has 0 heterocycles. The van der Waals surface area contributed by atoms with Gasteiger partial charge in [0.1, 0.15) is 0 Å².